The zero-order chi connectivity index (χ0) is 20.5. The van der Waals surface area contributed by atoms with Crippen molar-refractivity contribution in [3.63, 3.8) is 0 Å². The Kier molecular flexibility index (Phi) is 5.09. The zero-order valence-corrected chi connectivity index (χ0v) is 17.2. The molecule has 0 bridgehead atoms. The maximum absolute atomic E-state index is 13.1. The highest BCUT2D eigenvalue weighted by atomic mass is 16.2. The quantitative estimate of drug-likeness (QED) is 0.691. The molecule has 4 rings (SSSR count). The molecule has 1 aromatic carbocycles. The molecule has 0 spiro atoms. The summed E-state index contributed by atoms with van der Waals surface area (Å²) in [5.41, 5.74) is 5.39. The average molecular weight is 390 g/mol. The van der Waals surface area contributed by atoms with Crippen LogP contribution < -0.4 is 5.56 Å². The summed E-state index contributed by atoms with van der Waals surface area (Å²) < 4.78 is 3.59. The monoisotopic (exact) mass is 390 g/mol. The van der Waals surface area contributed by atoms with Gasteiger partial charge in [-0.05, 0) is 32.4 Å². The van der Waals surface area contributed by atoms with Crippen LogP contribution in [0, 0.1) is 6.92 Å². The van der Waals surface area contributed by atoms with Crippen molar-refractivity contribution in [3.8, 4) is 11.3 Å². The molecule has 6 heteroatoms. The molecule has 0 saturated heterocycles. The zero-order valence-electron chi connectivity index (χ0n) is 17.2. The smallest absolute Gasteiger partial charge is 0.263 e. The van der Waals surface area contributed by atoms with Gasteiger partial charge in [0.05, 0.1) is 11.4 Å². The minimum atomic E-state index is -0.205. The first-order chi connectivity index (χ1) is 14.0. The summed E-state index contributed by atoms with van der Waals surface area (Å²) in [5.74, 6) is -0.187. The Balaban J connectivity index is 1.62. The maximum Gasteiger partial charge on any atom is 0.263 e. The lowest BCUT2D eigenvalue weighted by Gasteiger charge is -2.21. The summed E-state index contributed by atoms with van der Waals surface area (Å²) in [6.07, 6.45) is 1.42. The number of hydrogen-bond acceptors (Lipinski definition) is 3. The van der Waals surface area contributed by atoms with Gasteiger partial charge in [0.1, 0.15) is 5.56 Å². The number of nitrogens with zero attached hydrogens (tertiary/aromatic N) is 4. The summed E-state index contributed by atoms with van der Waals surface area (Å²) >= 11 is 0. The van der Waals surface area contributed by atoms with Crippen molar-refractivity contribution in [2.45, 2.75) is 33.2 Å². The number of hydrogen-bond donors (Lipinski definition) is 0. The summed E-state index contributed by atoms with van der Waals surface area (Å²) in [5, 5.41) is 4.72. The van der Waals surface area contributed by atoms with E-state index < -0.39 is 0 Å². The van der Waals surface area contributed by atoms with Gasteiger partial charge in [0.2, 0.25) is 0 Å². The predicted molar refractivity (Wildman–Crippen MR) is 113 cm³/mol. The van der Waals surface area contributed by atoms with Crippen LogP contribution in [0.1, 0.15) is 34.2 Å². The largest absolute Gasteiger partial charge is 0.338 e. The van der Waals surface area contributed by atoms with Crippen LogP contribution in [-0.2, 0) is 26.4 Å². The van der Waals surface area contributed by atoms with Gasteiger partial charge in [-0.25, -0.2) is 0 Å². The predicted octanol–water partition coefficient (Wildman–Crippen LogP) is 2.82. The number of rotatable bonds is 3. The molecule has 0 aliphatic carbocycles. The minimum Gasteiger partial charge on any atom is -0.338 e. The van der Waals surface area contributed by atoms with E-state index in [4.69, 9.17) is 5.10 Å². The fourth-order valence-corrected chi connectivity index (χ4v) is 4.24. The Morgan fingerprint density at radius 3 is 2.52 bits per heavy atom. The summed E-state index contributed by atoms with van der Waals surface area (Å²) in [6, 6.07) is 13.7. The number of aromatic nitrogens is 3. The molecule has 0 radical (unpaired) electrons. The van der Waals surface area contributed by atoms with E-state index in [1.54, 1.807) is 15.5 Å². The number of aryl methyl sites for hydroxylation is 2. The number of benzene rings is 1. The third-order valence-electron chi connectivity index (χ3n) is 5.75. The molecule has 0 fully saturated rings. The third-order valence-corrected chi connectivity index (χ3v) is 5.75. The van der Waals surface area contributed by atoms with Crippen LogP contribution >= 0.6 is 0 Å². The molecule has 1 amide bonds. The van der Waals surface area contributed by atoms with Gasteiger partial charge in [-0.2, -0.15) is 5.10 Å². The summed E-state index contributed by atoms with van der Waals surface area (Å²) in [7, 11) is 1.97. The van der Waals surface area contributed by atoms with Crippen molar-refractivity contribution in [2.75, 3.05) is 13.1 Å². The molecule has 2 aromatic heterocycles. The number of carbonyl (C=O) groups excluding carboxylic acids is 1. The number of carbonyl (C=O) groups is 1. The van der Waals surface area contributed by atoms with Crippen LogP contribution in [0.4, 0.5) is 0 Å². The first-order valence-electron chi connectivity index (χ1n) is 10.1. The maximum atomic E-state index is 13.1. The third kappa shape index (κ3) is 3.39. The Bertz CT molecular complexity index is 1110. The summed E-state index contributed by atoms with van der Waals surface area (Å²) in [6.45, 7) is 5.51. The van der Waals surface area contributed by atoms with Crippen molar-refractivity contribution in [1.82, 2.24) is 19.2 Å². The molecule has 6 nitrogen and oxygen atoms in total. The molecule has 3 aromatic rings. The van der Waals surface area contributed by atoms with Crippen molar-refractivity contribution in [2.24, 2.45) is 7.05 Å². The van der Waals surface area contributed by atoms with Crippen molar-refractivity contribution in [3.05, 3.63) is 75.3 Å². The van der Waals surface area contributed by atoms with E-state index in [-0.39, 0.29) is 17.0 Å². The van der Waals surface area contributed by atoms with Crippen molar-refractivity contribution in [1.29, 1.82) is 0 Å². The van der Waals surface area contributed by atoms with Gasteiger partial charge in [-0.15, -0.1) is 0 Å². The van der Waals surface area contributed by atoms with E-state index in [0.29, 0.717) is 26.1 Å². The van der Waals surface area contributed by atoms with Gasteiger partial charge in [0.15, 0.2) is 0 Å². The number of pyridine rings is 1. The van der Waals surface area contributed by atoms with Crippen LogP contribution in [-0.4, -0.2) is 38.2 Å². The van der Waals surface area contributed by atoms with Gasteiger partial charge in [0.25, 0.3) is 11.5 Å². The fraction of sp³-hybridized carbons (Fsp3) is 0.348. The van der Waals surface area contributed by atoms with E-state index in [1.165, 1.54) is 5.56 Å². The van der Waals surface area contributed by atoms with Gasteiger partial charge in [0, 0.05) is 49.9 Å². The van der Waals surface area contributed by atoms with Crippen LogP contribution in [0.25, 0.3) is 11.3 Å². The fourth-order valence-electron chi connectivity index (χ4n) is 4.24. The number of amides is 1. The van der Waals surface area contributed by atoms with Crippen molar-refractivity contribution >= 4 is 5.91 Å². The molecule has 1 aliphatic rings. The van der Waals surface area contributed by atoms with Gasteiger partial charge < -0.3 is 9.47 Å². The van der Waals surface area contributed by atoms with Gasteiger partial charge in [-0.1, -0.05) is 30.3 Å². The van der Waals surface area contributed by atoms with Gasteiger partial charge >= 0.3 is 0 Å². The second-order valence-corrected chi connectivity index (χ2v) is 7.49. The molecule has 0 unspecified atom stereocenters. The number of fused-ring (bicyclic) bond motifs is 1. The molecule has 3 heterocycles. The SMILES string of the molecule is CCn1c(C)ccc(C(=O)N2CCc3nn(C)c(-c4ccccc4)c3CC2)c1=O. The molecule has 150 valence electrons. The Morgan fingerprint density at radius 1 is 1.07 bits per heavy atom. The van der Waals surface area contributed by atoms with E-state index >= 15 is 0 Å². The molecule has 0 saturated carbocycles. The average Bonchev–Trinajstić information content (AvgIpc) is 2.89. The molecule has 0 atom stereocenters. The topological polar surface area (TPSA) is 60.1 Å². The lowest BCUT2D eigenvalue weighted by Crippen LogP contribution is -2.38. The Morgan fingerprint density at radius 2 is 1.79 bits per heavy atom. The molecule has 29 heavy (non-hydrogen) atoms. The minimum absolute atomic E-state index is 0.187. The van der Waals surface area contributed by atoms with E-state index in [1.807, 2.05) is 49.8 Å². The molecular formula is C23H26N4O2. The van der Waals surface area contributed by atoms with E-state index in [2.05, 4.69) is 12.1 Å². The normalized spacial score (nSPS) is 13.8. The highest BCUT2D eigenvalue weighted by Gasteiger charge is 2.26. The molecule has 0 N–H and O–H groups in total. The van der Waals surface area contributed by atoms with E-state index in [9.17, 15) is 9.59 Å². The highest BCUT2D eigenvalue weighted by molar-refractivity contribution is 5.94. The van der Waals surface area contributed by atoms with E-state index in [0.717, 1.165) is 29.1 Å². The second kappa shape index (κ2) is 7.70. The van der Waals surface area contributed by atoms with Gasteiger partial charge in [-0.3, -0.25) is 14.3 Å². The standard InChI is InChI=1S/C23H26N4O2/c1-4-27-16(2)10-11-19(23(27)29)22(28)26-14-12-18-20(13-15-26)24-25(3)21(18)17-8-6-5-7-9-17/h5-11H,4,12-15H2,1-3H3. The first kappa shape index (κ1) is 19.2. The first-order valence-corrected chi connectivity index (χ1v) is 10.1. The van der Waals surface area contributed by atoms with Crippen LogP contribution in [0.2, 0.25) is 0 Å². The van der Waals surface area contributed by atoms with Crippen molar-refractivity contribution < 1.29 is 4.79 Å². The van der Waals surface area contributed by atoms with Crippen LogP contribution in [0.5, 0.6) is 0 Å². The van der Waals surface area contributed by atoms with Crippen LogP contribution in [0.15, 0.2) is 47.3 Å². The molecule has 1 aliphatic heterocycles. The lowest BCUT2D eigenvalue weighted by molar-refractivity contribution is 0.0760. The van der Waals surface area contributed by atoms with Crippen LogP contribution in [0.3, 0.4) is 0 Å². The summed E-state index contributed by atoms with van der Waals surface area (Å²) in [4.78, 5) is 27.7. The Labute approximate surface area is 170 Å². The lowest BCUT2D eigenvalue weighted by atomic mass is 10.0. The highest BCUT2D eigenvalue weighted by Crippen LogP contribution is 2.28. The molecular weight excluding hydrogens is 364 g/mol. The Hall–Kier alpha value is -3.15. The second-order valence-electron chi connectivity index (χ2n) is 7.49.